The molecule has 5 aromatic rings. The molecule has 0 aliphatic heterocycles. The van der Waals surface area contributed by atoms with Gasteiger partial charge < -0.3 is 10.2 Å². The first-order chi connectivity index (χ1) is 19.3. The molecular weight excluding hydrogens is 564 g/mol. The summed E-state index contributed by atoms with van der Waals surface area (Å²) in [6.45, 7) is 3.30. The summed E-state index contributed by atoms with van der Waals surface area (Å²) in [5.74, 6) is -0.291. The minimum Gasteiger partial charge on any atom is -0.326 e. The van der Waals surface area contributed by atoms with Gasteiger partial charge in [-0.05, 0) is 76.4 Å². The van der Waals surface area contributed by atoms with Crippen LogP contribution in [0.15, 0.2) is 66.0 Å². The normalized spacial score (nSPS) is 11.3. The number of benzene rings is 2. The highest BCUT2D eigenvalue weighted by Gasteiger charge is 2.25. The van der Waals surface area contributed by atoms with Gasteiger partial charge in [0.2, 0.25) is 5.91 Å². The summed E-state index contributed by atoms with van der Waals surface area (Å²) in [6, 6.07) is 18.8. The van der Waals surface area contributed by atoms with E-state index in [0.29, 0.717) is 33.0 Å². The van der Waals surface area contributed by atoms with Gasteiger partial charge in [-0.3, -0.25) is 14.5 Å². The summed E-state index contributed by atoms with van der Waals surface area (Å²) < 4.78 is 1.89. The summed E-state index contributed by atoms with van der Waals surface area (Å²) in [4.78, 5) is 36.6. The number of aromatic nitrogens is 3. The van der Waals surface area contributed by atoms with Crippen LogP contribution in [0.3, 0.4) is 0 Å². The first-order valence-electron chi connectivity index (χ1n) is 12.8. The third-order valence-corrected chi connectivity index (χ3v) is 8.49. The number of thiophene rings is 1. The number of hydrogen-bond acceptors (Lipinski definition) is 7. The molecule has 0 atom stereocenters. The second-order valence-corrected chi connectivity index (χ2v) is 11.9. The lowest BCUT2D eigenvalue weighted by Crippen LogP contribution is -2.33. The Labute approximate surface area is 245 Å². The Bertz CT molecular complexity index is 1630. The number of carbonyl (C=O) groups excluding carboxylic acids is 2. The second-order valence-electron chi connectivity index (χ2n) is 9.63. The third kappa shape index (κ3) is 6.42. The smallest absolute Gasteiger partial charge is 0.270 e. The number of amides is 2. The minimum absolute atomic E-state index is 0.105. The van der Waals surface area contributed by atoms with Gasteiger partial charge in [0.05, 0.1) is 28.4 Å². The van der Waals surface area contributed by atoms with E-state index in [0.717, 1.165) is 34.6 Å². The number of halogens is 1. The van der Waals surface area contributed by atoms with Crippen molar-refractivity contribution in [3.63, 3.8) is 0 Å². The number of nitrogens with zero attached hydrogens (tertiary/aromatic N) is 5. The maximum atomic E-state index is 13.9. The van der Waals surface area contributed by atoms with E-state index in [1.807, 2.05) is 67.5 Å². The number of anilines is 2. The Morgan fingerprint density at radius 2 is 1.80 bits per heavy atom. The number of aryl methyl sites for hydroxylation is 1. The predicted molar refractivity (Wildman–Crippen MR) is 164 cm³/mol. The largest absolute Gasteiger partial charge is 0.326 e. The number of rotatable bonds is 10. The Kier molecular flexibility index (Phi) is 8.60. The zero-order valence-corrected chi connectivity index (χ0v) is 24.8. The number of fused-ring (bicyclic) bond motifs is 1. The summed E-state index contributed by atoms with van der Waals surface area (Å²) >= 11 is 8.74. The van der Waals surface area contributed by atoms with Crippen molar-refractivity contribution < 1.29 is 9.59 Å². The molecule has 0 fully saturated rings. The minimum atomic E-state index is -0.185. The lowest BCUT2D eigenvalue weighted by molar-refractivity contribution is -0.115. The zero-order chi connectivity index (χ0) is 28.2. The van der Waals surface area contributed by atoms with E-state index in [4.69, 9.17) is 21.7 Å². The van der Waals surface area contributed by atoms with E-state index in [2.05, 4.69) is 10.2 Å². The van der Waals surface area contributed by atoms with Crippen LogP contribution in [0, 0.1) is 6.92 Å². The van der Waals surface area contributed by atoms with Crippen molar-refractivity contribution in [2.75, 3.05) is 37.4 Å². The molecule has 2 aromatic carbocycles. The van der Waals surface area contributed by atoms with Crippen LogP contribution < -0.4 is 10.2 Å². The molecule has 3 aromatic heterocycles. The van der Waals surface area contributed by atoms with Crippen molar-refractivity contribution in [2.45, 2.75) is 19.8 Å². The molecule has 0 bridgehead atoms. The Morgan fingerprint density at radius 3 is 2.52 bits per heavy atom. The van der Waals surface area contributed by atoms with Gasteiger partial charge in [0.1, 0.15) is 4.83 Å². The fourth-order valence-electron chi connectivity index (χ4n) is 4.26. The maximum Gasteiger partial charge on any atom is 0.270 e. The Morgan fingerprint density at radius 1 is 1.05 bits per heavy atom. The van der Waals surface area contributed by atoms with Crippen molar-refractivity contribution >= 4 is 67.1 Å². The predicted octanol–water partition coefficient (Wildman–Crippen LogP) is 6.29. The van der Waals surface area contributed by atoms with E-state index in [1.165, 1.54) is 22.7 Å². The summed E-state index contributed by atoms with van der Waals surface area (Å²) in [7, 11) is 4.02. The average molecular weight is 593 g/mol. The average Bonchev–Trinajstić information content (AvgIpc) is 3.65. The van der Waals surface area contributed by atoms with E-state index in [1.54, 1.807) is 29.2 Å². The highest BCUT2D eigenvalue weighted by Crippen LogP contribution is 2.33. The molecule has 0 saturated heterocycles. The summed E-state index contributed by atoms with van der Waals surface area (Å²) in [6.07, 6.45) is 0.889. The number of hydrogen-bond donors (Lipinski definition) is 1. The second kappa shape index (κ2) is 12.3. The number of para-hydroxylation sites is 1. The van der Waals surface area contributed by atoms with E-state index in [-0.39, 0.29) is 18.2 Å². The number of thiazole rings is 1. The molecule has 1 N–H and O–H groups in total. The molecule has 3 heterocycles. The molecule has 8 nitrogen and oxygen atoms in total. The van der Waals surface area contributed by atoms with Crippen LogP contribution in [0.4, 0.5) is 10.8 Å². The summed E-state index contributed by atoms with van der Waals surface area (Å²) in [5.41, 5.74) is 3.10. The summed E-state index contributed by atoms with van der Waals surface area (Å²) in [5, 5.41) is 11.5. The van der Waals surface area contributed by atoms with Gasteiger partial charge >= 0.3 is 0 Å². The van der Waals surface area contributed by atoms with Gasteiger partial charge in [-0.15, -0.1) is 22.7 Å². The molecule has 206 valence electrons. The van der Waals surface area contributed by atoms with Gasteiger partial charge in [-0.1, -0.05) is 29.8 Å². The van der Waals surface area contributed by atoms with Crippen molar-refractivity contribution in [3.05, 3.63) is 87.3 Å². The monoisotopic (exact) mass is 592 g/mol. The molecule has 11 heteroatoms. The quantitative estimate of drug-likeness (QED) is 0.206. The number of nitrogens with one attached hydrogen (secondary N) is 1. The van der Waals surface area contributed by atoms with Crippen LogP contribution in [-0.2, 0) is 11.2 Å². The van der Waals surface area contributed by atoms with Crippen LogP contribution in [0.25, 0.3) is 15.9 Å². The molecular formula is C29H29ClN6O2S2. The molecule has 0 aliphatic carbocycles. The molecule has 0 unspecified atom stereocenters. The first kappa shape index (κ1) is 28.0. The Balaban J connectivity index is 1.38. The van der Waals surface area contributed by atoms with Crippen molar-refractivity contribution in [1.82, 2.24) is 19.7 Å². The topological polar surface area (TPSA) is 83.4 Å². The molecule has 0 radical (unpaired) electrons. The third-order valence-electron chi connectivity index (χ3n) is 6.23. The van der Waals surface area contributed by atoms with Crippen LogP contribution in [0.2, 0.25) is 5.02 Å². The van der Waals surface area contributed by atoms with Crippen LogP contribution >= 0.6 is 34.3 Å². The van der Waals surface area contributed by atoms with Gasteiger partial charge in [0.25, 0.3) is 5.91 Å². The van der Waals surface area contributed by atoms with E-state index in [9.17, 15) is 9.59 Å². The van der Waals surface area contributed by atoms with Crippen molar-refractivity contribution in [1.29, 1.82) is 0 Å². The van der Waals surface area contributed by atoms with Gasteiger partial charge in [0, 0.05) is 28.0 Å². The molecule has 0 aliphatic rings. The standard InChI is InChI=1S/C29H29ClN6O2S2/c1-19-24-17-25(40-28(24)36(33-19)23-8-5-4-6-9-23)27(38)35(15-7-14-34(2)3)29-32-22(18-39-29)16-26(37)31-21-12-10-20(30)11-13-21/h4-6,8-13,17-18H,7,14-16H2,1-3H3,(H,31,37). The molecule has 0 spiro atoms. The SMILES string of the molecule is Cc1nn(-c2ccccc2)c2sc(C(=O)N(CCCN(C)C)c3nc(CC(=O)Nc4ccc(Cl)cc4)cs3)cc12. The van der Waals surface area contributed by atoms with Crippen LogP contribution in [0.5, 0.6) is 0 Å². The highest BCUT2D eigenvalue weighted by atomic mass is 35.5. The van der Waals surface area contributed by atoms with Crippen LogP contribution in [0.1, 0.15) is 27.5 Å². The maximum absolute atomic E-state index is 13.9. The van der Waals surface area contributed by atoms with E-state index < -0.39 is 0 Å². The zero-order valence-electron chi connectivity index (χ0n) is 22.4. The Hall–Kier alpha value is -3.57. The van der Waals surface area contributed by atoms with Gasteiger partial charge in [-0.2, -0.15) is 5.10 Å². The molecule has 0 saturated carbocycles. The lowest BCUT2D eigenvalue weighted by Gasteiger charge is -2.20. The van der Waals surface area contributed by atoms with Gasteiger partial charge in [0.15, 0.2) is 5.13 Å². The van der Waals surface area contributed by atoms with Crippen molar-refractivity contribution in [3.8, 4) is 5.69 Å². The first-order valence-corrected chi connectivity index (χ1v) is 14.9. The van der Waals surface area contributed by atoms with Crippen LogP contribution in [-0.4, -0.2) is 58.7 Å². The number of carbonyl (C=O) groups is 2. The van der Waals surface area contributed by atoms with E-state index >= 15 is 0 Å². The molecule has 40 heavy (non-hydrogen) atoms. The lowest BCUT2D eigenvalue weighted by atomic mass is 10.2. The molecule has 2 amide bonds. The van der Waals surface area contributed by atoms with Crippen molar-refractivity contribution in [2.24, 2.45) is 0 Å². The fourth-order valence-corrected chi connectivity index (χ4v) is 6.37. The molecule has 5 rings (SSSR count). The highest BCUT2D eigenvalue weighted by molar-refractivity contribution is 7.20. The fraction of sp³-hybridized carbons (Fsp3) is 0.241. The van der Waals surface area contributed by atoms with Gasteiger partial charge in [-0.25, -0.2) is 9.67 Å².